The van der Waals surface area contributed by atoms with Crippen molar-refractivity contribution in [2.75, 3.05) is 43.2 Å². The van der Waals surface area contributed by atoms with Crippen molar-refractivity contribution in [2.24, 2.45) is 5.92 Å². The monoisotopic (exact) mass is 741 g/mol. The van der Waals surface area contributed by atoms with Crippen molar-refractivity contribution in [2.45, 2.75) is 115 Å². The number of carbonyl (C=O) groups is 3. The summed E-state index contributed by atoms with van der Waals surface area (Å²) in [6.45, 7) is 14.7. The predicted molar refractivity (Wildman–Crippen MR) is 213 cm³/mol. The lowest BCUT2D eigenvalue weighted by Gasteiger charge is -2.37. The van der Waals surface area contributed by atoms with Gasteiger partial charge in [0.25, 0.3) is 5.91 Å². The summed E-state index contributed by atoms with van der Waals surface area (Å²) in [7, 11) is -0.816. The topological polar surface area (TPSA) is 99.6 Å². The Morgan fingerprint density at radius 3 is 2.47 bits per heavy atom. The Morgan fingerprint density at radius 2 is 1.79 bits per heavy atom. The summed E-state index contributed by atoms with van der Waals surface area (Å²) in [4.78, 5) is 48.2. The first kappa shape index (κ1) is 39.0. The van der Waals surface area contributed by atoms with Crippen LogP contribution in [-0.4, -0.2) is 81.3 Å². The van der Waals surface area contributed by atoms with Crippen LogP contribution < -0.4 is 19.7 Å². The highest BCUT2D eigenvalue weighted by Crippen LogP contribution is 2.60. The van der Waals surface area contributed by atoms with Crippen molar-refractivity contribution in [1.82, 2.24) is 4.90 Å². The molecule has 53 heavy (non-hydrogen) atoms. The second kappa shape index (κ2) is 15.9. The first-order valence-corrected chi connectivity index (χ1v) is 22.7. The summed E-state index contributed by atoms with van der Waals surface area (Å²) in [6, 6.07) is 14.0. The molecule has 10 heteroatoms. The number of hydrogen-bond acceptors (Lipinski definition) is 6. The van der Waals surface area contributed by atoms with Gasteiger partial charge in [-0.1, -0.05) is 60.6 Å². The lowest BCUT2D eigenvalue weighted by atomic mass is 9.82. The maximum atomic E-state index is 15.3. The van der Waals surface area contributed by atoms with E-state index in [1.165, 1.54) is 16.3 Å². The van der Waals surface area contributed by atoms with Gasteiger partial charge < -0.3 is 29.3 Å². The van der Waals surface area contributed by atoms with E-state index < -0.39 is 19.8 Å². The second-order valence-corrected chi connectivity index (χ2v) is 21.1. The average molecular weight is 742 g/mol. The molecule has 4 heterocycles. The summed E-state index contributed by atoms with van der Waals surface area (Å²) < 4.78 is 12.8. The van der Waals surface area contributed by atoms with Gasteiger partial charge in [0.05, 0.1) is 46.0 Å². The summed E-state index contributed by atoms with van der Waals surface area (Å²) in [5.41, 5.74) is 3.45. The van der Waals surface area contributed by atoms with Crippen LogP contribution in [0.1, 0.15) is 84.6 Å². The summed E-state index contributed by atoms with van der Waals surface area (Å²) >= 11 is 0. The minimum atomic E-state index is -2.48. The van der Waals surface area contributed by atoms with E-state index in [9.17, 15) is 14.7 Å². The third-order valence-corrected chi connectivity index (χ3v) is 16.8. The third-order valence-electron chi connectivity index (χ3n) is 12.5. The molecule has 0 aliphatic carbocycles. The molecule has 3 fully saturated rings. The Hall–Kier alpha value is -3.73. The maximum absolute atomic E-state index is 15.3. The van der Waals surface area contributed by atoms with E-state index in [0.29, 0.717) is 26.1 Å². The van der Waals surface area contributed by atoms with Gasteiger partial charge in [0.15, 0.2) is 5.60 Å². The Morgan fingerprint density at radius 1 is 1.04 bits per heavy atom. The van der Waals surface area contributed by atoms with Crippen LogP contribution in [0, 0.1) is 5.92 Å². The van der Waals surface area contributed by atoms with Crippen molar-refractivity contribution < 1.29 is 29.0 Å². The molecule has 1 N–H and O–H groups in total. The largest absolute Gasteiger partial charge is 0.497 e. The normalized spacial score (nSPS) is 26.1. The van der Waals surface area contributed by atoms with E-state index >= 15 is 4.79 Å². The number of benzene rings is 2. The molecule has 0 saturated carbocycles. The van der Waals surface area contributed by atoms with Crippen LogP contribution in [0.5, 0.6) is 5.75 Å². The fourth-order valence-electron chi connectivity index (χ4n) is 9.51. The fourth-order valence-corrected chi connectivity index (χ4v) is 13.5. The molecule has 2 aromatic carbocycles. The fraction of sp³-hybridized carbons (Fsp3) is 0.558. The number of amides is 3. The number of likely N-dealkylation sites (tertiary alicyclic amines) is 1. The van der Waals surface area contributed by atoms with Gasteiger partial charge in [-0.3, -0.25) is 14.4 Å². The summed E-state index contributed by atoms with van der Waals surface area (Å²) in [5, 5.41) is 11.3. The molecular formula is C43H59N3O6Si. The highest BCUT2D eigenvalue weighted by atomic mass is 28.3. The van der Waals surface area contributed by atoms with Gasteiger partial charge in [0.2, 0.25) is 11.8 Å². The average Bonchev–Trinajstić information content (AvgIpc) is 3.80. The van der Waals surface area contributed by atoms with Crippen molar-refractivity contribution >= 4 is 42.4 Å². The van der Waals surface area contributed by atoms with E-state index in [1.807, 2.05) is 45.0 Å². The number of carbonyl (C=O) groups excluding carboxylic acids is 3. The van der Waals surface area contributed by atoms with Crippen LogP contribution in [0.4, 0.5) is 11.4 Å². The highest BCUT2D eigenvalue weighted by molar-refractivity contribution is 6.91. The van der Waals surface area contributed by atoms with E-state index in [4.69, 9.17) is 9.47 Å². The molecule has 5 atom stereocenters. The van der Waals surface area contributed by atoms with Gasteiger partial charge in [0, 0.05) is 43.2 Å². The van der Waals surface area contributed by atoms with Crippen LogP contribution >= 0.6 is 0 Å². The number of hydrogen-bond donors (Lipinski definition) is 1. The van der Waals surface area contributed by atoms with Gasteiger partial charge in [-0.2, -0.15) is 0 Å². The zero-order valence-corrected chi connectivity index (χ0v) is 33.8. The Kier molecular flexibility index (Phi) is 11.7. The van der Waals surface area contributed by atoms with Crippen LogP contribution in [0.25, 0.3) is 0 Å². The zero-order valence-electron chi connectivity index (χ0n) is 32.8. The van der Waals surface area contributed by atoms with E-state index in [1.54, 1.807) is 7.11 Å². The number of rotatable bonds is 12. The molecule has 9 nitrogen and oxygen atoms in total. The Labute approximate surface area is 317 Å². The Balaban J connectivity index is 1.45. The number of fused-ring (bicyclic) bond motifs is 2. The molecule has 286 valence electrons. The summed E-state index contributed by atoms with van der Waals surface area (Å²) in [5.74, 6) is 0.457. The van der Waals surface area contributed by atoms with Crippen molar-refractivity contribution in [3.63, 3.8) is 0 Å². The summed E-state index contributed by atoms with van der Waals surface area (Å²) in [6.07, 6.45) is 9.82. The van der Waals surface area contributed by atoms with Crippen LogP contribution in [0.15, 0.2) is 65.8 Å². The van der Waals surface area contributed by atoms with Gasteiger partial charge in [-0.15, -0.1) is 0 Å². The SMILES string of the molecule is COc1ccc([Si](C)(C)[C@@H]2[C@@H](CC(=O)N3CCC[C@H]3CO)O[C@]3(C(=O)N(C/C=C(\C)CCC=C(C)C)c4ccc(N5CCCCC5=O)cc43)[C@H]2C)cc1. The number of allylic oxidation sites excluding steroid dienone is 3. The number of nitrogens with zero attached hydrogens (tertiary/aromatic N) is 3. The van der Waals surface area contributed by atoms with Gasteiger partial charge >= 0.3 is 0 Å². The quantitative estimate of drug-likeness (QED) is 0.189. The molecule has 0 unspecified atom stereocenters. The second-order valence-electron chi connectivity index (χ2n) is 16.4. The third kappa shape index (κ3) is 7.39. The number of aliphatic hydroxyl groups is 1. The molecule has 4 aliphatic rings. The van der Waals surface area contributed by atoms with Crippen LogP contribution in [0.2, 0.25) is 18.6 Å². The smallest absolute Gasteiger partial charge is 0.264 e. The van der Waals surface area contributed by atoms with Crippen molar-refractivity contribution in [1.29, 1.82) is 0 Å². The highest BCUT2D eigenvalue weighted by Gasteiger charge is 2.66. The predicted octanol–water partition coefficient (Wildman–Crippen LogP) is 6.84. The van der Waals surface area contributed by atoms with Crippen molar-refractivity contribution in [3.8, 4) is 5.75 Å². The van der Waals surface area contributed by atoms with Crippen molar-refractivity contribution in [3.05, 3.63) is 71.3 Å². The lowest BCUT2D eigenvalue weighted by Crippen LogP contribution is -2.52. The van der Waals surface area contributed by atoms with Crippen LogP contribution in [-0.2, 0) is 24.7 Å². The minimum Gasteiger partial charge on any atom is -0.497 e. The zero-order chi connectivity index (χ0) is 38.1. The van der Waals surface area contributed by atoms with Crippen LogP contribution in [0.3, 0.4) is 0 Å². The first-order valence-electron chi connectivity index (χ1n) is 19.6. The molecule has 6 rings (SSSR count). The molecule has 0 bridgehead atoms. The molecule has 2 aromatic rings. The van der Waals surface area contributed by atoms with Gasteiger partial charge in [0.1, 0.15) is 5.75 Å². The number of ether oxygens (including phenoxy) is 2. The molecule has 0 aromatic heterocycles. The first-order chi connectivity index (χ1) is 25.3. The maximum Gasteiger partial charge on any atom is 0.264 e. The van der Waals surface area contributed by atoms with E-state index in [2.05, 4.69) is 65.1 Å². The Bertz CT molecular complexity index is 1750. The van der Waals surface area contributed by atoms with E-state index in [0.717, 1.165) is 61.2 Å². The molecule has 4 aliphatic heterocycles. The number of methoxy groups -OCH3 is 1. The number of piperidine rings is 1. The molecule has 3 saturated heterocycles. The molecule has 0 radical (unpaired) electrons. The number of aliphatic hydroxyl groups excluding tert-OH is 1. The molecule has 1 spiro atoms. The molecule has 3 amide bonds. The van der Waals surface area contributed by atoms with Gasteiger partial charge in [-0.25, -0.2) is 0 Å². The minimum absolute atomic E-state index is 0.0366. The van der Waals surface area contributed by atoms with Gasteiger partial charge in [-0.05, 0) is 95.2 Å². The number of anilines is 2. The molecular weight excluding hydrogens is 683 g/mol. The van der Waals surface area contributed by atoms with E-state index in [-0.39, 0.29) is 48.3 Å². The standard InChI is InChI=1S/C43H59N3O6Si/c1-29(2)12-10-13-30(3)22-25-46-37-21-16-32(44-23-9-8-15-39(44)48)26-36(37)43(42(46)50)31(4)41(53(6,7)35-19-17-34(51-5)18-20-35)38(52-43)27-40(49)45-24-11-14-33(45)28-47/h12,16-22,26,31,33,38,41,47H,8-11,13-15,23-25,27-28H2,1-7H3/b30-22+/t31-,33-,38+,41-,43+/m0/s1. The lowest BCUT2D eigenvalue weighted by molar-refractivity contribution is -0.149.